The maximum Gasteiger partial charge on any atom is 0.127 e. The molecule has 0 amide bonds. The van der Waals surface area contributed by atoms with Crippen LogP contribution in [0.1, 0.15) is 27.8 Å². The highest BCUT2D eigenvalue weighted by Crippen LogP contribution is 2.09. The smallest absolute Gasteiger partial charge is 0.127 e. The molecule has 3 aromatic rings. The molecule has 0 aliphatic carbocycles. The Kier molecular flexibility index (Phi) is 4.93. The molecule has 0 heterocycles. The summed E-state index contributed by atoms with van der Waals surface area (Å²) in [6, 6.07) is 18.5. The Labute approximate surface area is 146 Å². The number of hydrogen-bond donors (Lipinski definition) is 0. The van der Waals surface area contributed by atoms with Crippen LogP contribution in [0.4, 0.5) is 8.78 Å². The molecule has 0 aliphatic heterocycles. The Hall–Kier alpha value is -3.36. The normalized spacial score (nSPS) is 9.56. The van der Waals surface area contributed by atoms with Crippen LogP contribution in [-0.2, 0) is 0 Å². The highest BCUT2D eigenvalue weighted by Gasteiger charge is 1.96. The molecule has 0 aromatic heterocycles. The Morgan fingerprint density at radius 2 is 1.12 bits per heavy atom. The SMILES string of the molecule is Cc1ccc(C#Cc2ccc(C#Cc3cccc(F)c3)cc2)cc1F. The quantitative estimate of drug-likeness (QED) is 0.505. The second-order valence-electron chi connectivity index (χ2n) is 5.55. The standard InChI is InChI=1S/C23H14F2/c1-17-5-6-21(16-23(17)25)14-12-19-9-7-18(8-10-19)11-13-20-3-2-4-22(24)15-20/h2-10,15-16H,1H3. The molecular weight excluding hydrogens is 314 g/mol. The van der Waals surface area contributed by atoms with E-state index in [0.29, 0.717) is 16.7 Å². The van der Waals surface area contributed by atoms with Gasteiger partial charge in [-0.2, -0.15) is 0 Å². The molecule has 25 heavy (non-hydrogen) atoms. The minimum Gasteiger partial charge on any atom is -0.207 e. The number of rotatable bonds is 0. The first-order valence-corrected chi connectivity index (χ1v) is 7.76. The van der Waals surface area contributed by atoms with Crippen molar-refractivity contribution in [2.24, 2.45) is 0 Å². The first-order valence-electron chi connectivity index (χ1n) is 7.76. The van der Waals surface area contributed by atoms with Gasteiger partial charge in [0.2, 0.25) is 0 Å². The monoisotopic (exact) mass is 328 g/mol. The van der Waals surface area contributed by atoms with Crippen molar-refractivity contribution < 1.29 is 8.78 Å². The lowest BCUT2D eigenvalue weighted by atomic mass is 10.1. The third-order valence-corrected chi connectivity index (χ3v) is 3.58. The van der Waals surface area contributed by atoms with Gasteiger partial charge in [-0.3, -0.25) is 0 Å². The van der Waals surface area contributed by atoms with Gasteiger partial charge in [-0.1, -0.05) is 35.8 Å². The second kappa shape index (κ2) is 7.47. The molecule has 0 nitrogen and oxygen atoms in total. The van der Waals surface area contributed by atoms with Gasteiger partial charge >= 0.3 is 0 Å². The summed E-state index contributed by atoms with van der Waals surface area (Å²) in [6.07, 6.45) is 0. The summed E-state index contributed by atoms with van der Waals surface area (Å²) in [6.45, 7) is 1.72. The fourth-order valence-corrected chi connectivity index (χ4v) is 2.16. The molecular formula is C23H14F2. The summed E-state index contributed by atoms with van der Waals surface area (Å²) >= 11 is 0. The predicted molar refractivity (Wildman–Crippen MR) is 95.9 cm³/mol. The van der Waals surface area contributed by atoms with Gasteiger partial charge < -0.3 is 0 Å². The summed E-state index contributed by atoms with van der Waals surface area (Å²) in [5.41, 5.74) is 3.50. The van der Waals surface area contributed by atoms with Crippen molar-refractivity contribution in [3.05, 3.63) is 106 Å². The zero-order valence-electron chi connectivity index (χ0n) is 13.6. The molecule has 0 spiro atoms. The van der Waals surface area contributed by atoms with Crippen LogP contribution in [0.3, 0.4) is 0 Å². The van der Waals surface area contributed by atoms with Crippen LogP contribution in [0.5, 0.6) is 0 Å². The van der Waals surface area contributed by atoms with E-state index in [4.69, 9.17) is 0 Å². The van der Waals surface area contributed by atoms with Gasteiger partial charge in [0.1, 0.15) is 11.6 Å². The first-order chi connectivity index (χ1) is 12.1. The van der Waals surface area contributed by atoms with Crippen LogP contribution < -0.4 is 0 Å². The highest BCUT2D eigenvalue weighted by molar-refractivity contribution is 5.48. The number of aryl methyl sites for hydroxylation is 1. The van der Waals surface area contributed by atoms with E-state index < -0.39 is 0 Å². The van der Waals surface area contributed by atoms with Crippen LogP contribution in [0.25, 0.3) is 0 Å². The largest absolute Gasteiger partial charge is 0.207 e. The fraction of sp³-hybridized carbons (Fsp3) is 0.0435. The van der Waals surface area contributed by atoms with Gasteiger partial charge in [-0.15, -0.1) is 0 Å². The van der Waals surface area contributed by atoms with Crippen LogP contribution >= 0.6 is 0 Å². The maximum atomic E-state index is 13.5. The van der Waals surface area contributed by atoms with Crippen molar-refractivity contribution in [3.8, 4) is 23.7 Å². The van der Waals surface area contributed by atoms with Crippen molar-refractivity contribution in [1.82, 2.24) is 0 Å². The number of benzene rings is 3. The third-order valence-electron chi connectivity index (χ3n) is 3.58. The van der Waals surface area contributed by atoms with Crippen LogP contribution in [0.15, 0.2) is 66.7 Å². The molecule has 0 saturated carbocycles. The lowest BCUT2D eigenvalue weighted by Gasteiger charge is -1.96. The van der Waals surface area contributed by atoms with Crippen molar-refractivity contribution in [1.29, 1.82) is 0 Å². The average molecular weight is 328 g/mol. The Morgan fingerprint density at radius 1 is 0.600 bits per heavy atom. The molecule has 0 bridgehead atoms. The molecule has 0 N–H and O–H groups in total. The van der Waals surface area contributed by atoms with E-state index in [1.807, 2.05) is 24.3 Å². The Bertz CT molecular complexity index is 1020. The van der Waals surface area contributed by atoms with Crippen LogP contribution in [-0.4, -0.2) is 0 Å². The van der Waals surface area contributed by atoms with E-state index in [-0.39, 0.29) is 11.6 Å². The van der Waals surface area contributed by atoms with Crippen molar-refractivity contribution >= 4 is 0 Å². The van der Waals surface area contributed by atoms with Crippen molar-refractivity contribution in [2.75, 3.05) is 0 Å². The van der Waals surface area contributed by atoms with Gasteiger partial charge in [0.25, 0.3) is 0 Å². The topological polar surface area (TPSA) is 0 Å². The zero-order chi connectivity index (χ0) is 17.6. The molecule has 0 atom stereocenters. The van der Waals surface area contributed by atoms with E-state index in [1.54, 1.807) is 31.2 Å². The first kappa shape index (κ1) is 16.5. The van der Waals surface area contributed by atoms with Crippen molar-refractivity contribution in [2.45, 2.75) is 6.92 Å². The van der Waals surface area contributed by atoms with E-state index in [9.17, 15) is 8.78 Å². The zero-order valence-corrected chi connectivity index (χ0v) is 13.6. The second-order valence-corrected chi connectivity index (χ2v) is 5.55. The minimum atomic E-state index is -0.301. The summed E-state index contributed by atoms with van der Waals surface area (Å²) in [4.78, 5) is 0. The van der Waals surface area contributed by atoms with Gasteiger partial charge in [0, 0.05) is 22.3 Å². The minimum absolute atomic E-state index is 0.255. The highest BCUT2D eigenvalue weighted by atomic mass is 19.1. The summed E-state index contributed by atoms with van der Waals surface area (Å²) < 4.78 is 26.6. The third kappa shape index (κ3) is 4.56. The Balaban J connectivity index is 1.75. The van der Waals surface area contributed by atoms with Gasteiger partial charge in [-0.05, 0) is 67.1 Å². The molecule has 0 fully saturated rings. The number of halogens is 2. The van der Waals surface area contributed by atoms with E-state index in [1.165, 1.54) is 18.2 Å². The number of hydrogen-bond acceptors (Lipinski definition) is 0. The molecule has 120 valence electrons. The lowest BCUT2D eigenvalue weighted by Crippen LogP contribution is -1.84. The summed E-state index contributed by atoms with van der Waals surface area (Å²) in [5.74, 6) is 11.3. The van der Waals surface area contributed by atoms with Gasteiger partial charge in [0.15, 0.2) is 0 Å². The van der Waals surface area contributed by atoms with E-state index in [2.05, 4.69) is 23.7 Å². The summed E-state index contributed by atoms with van der Waals surface area (Å²) in [7, 11) is 0. The summed E-state index contributed by atoms with van der Waals surface area (Å²) in [5, 5.41) is 0. The fourth-order valence-electron chi connectivity index (χ4n) is 2.16. The Morgan fingerprint density at radius 3 is 1.68 bits per heavy atom. The van der Waals surface area contributed by atoms with Crippen molar-refractivity contribution in [3.63, 3.8) is 0 Å². The van der Waals surface area contributed by atoms with E-state index >= 15 is 0 Å². The molecule has 0 saturated heterocycles. The van der Waals surface area contributed by atoms with Crippen LogP contribution in [0.2, 0.25) is 0 Å². The maximum absolute atomic E-state index is 13.5. The molecule has 3 aromatic carbocycles. The molecule has 2 heteroatoms. The van der Waals surface area contributed by atoms with Gasteiger partial charge in [-0.25, -0.2) is 8.78 Å². The van der Waals surface area contributed by atoms with Gasteiger partial charge in [0.05, 0.1) is 0 Å². The van der Waals surface area contributed by atoms with E-state index in [0.717, 1.165) is 11.1 Å². The predicted octanol–water partition coefficient (Wildman–Crippen LogP) is 5.07. The molecule has 3 rings (SSSR count). The average Bonchev–Trinajstić information content (AvgIpc) is 2.62. The molecule has 0 aliphatic rings. The molecule has 0 unspecified atom stereocenters. The van der Waals surface area contributed by atoms with Crippen LogP contribution in [0, 0.1) is 42.2 Å². The lowest BCUT2D eigenvalue weighted by molar-refractivity contribution is 0.618. The molecule has 0 radical (unpaired) electrons.